The van der Waals surface area contributed by atoms with Gasteiger partial charge >= 0.3 is 12.2 Å². The van der Waals surface area contributed by atoms with Gasteiger partial charge in [-0.15, -0.1) is 0 Å². The Balaban J connectivity index is 0.936. The van der Waals surface area contributed by atoms with E-state index in [0.717, 1.165) is 63.2 Å². The average Bonchev–Trinajstić information content (AvgIpc) is 3.83. The third-order valence-corrected chi connectivity index (χ3v) is 16.7. The summed E-state index contributed by atoms with van der Waals surface area (Å²) in [7, 11) is -0.520. The molecular formula is C48H58F2N8O6Si. The molecule has 0 radical (unpaired) electrons. The first-order valence-electron chi connectivity index (χ1n) is 22.7. The van der Waals surface area contributed by atoms with Crippen LogP contribution in [0.15, 0.2) is 60.8 Å². The molecule has 4 fully saturated rings. The summed E-state index contributed by atoms with van der Waals surface area (Å²) in [6.07, 6.45) is -0.957. The number of likely N-dealkylation sites (tertiary alicyclic amines) is 1. The molecule has 2 saturated heterocycles. The number of halogens is 2. The Bertz CT molecular complexity index is 2660. The number of aromatic amines is 2. The number of hydrogen-bond acceptors (Lipinski definition) is 8. The van der Waals surface area contributed by atoms with Gasteiger partial charge in [0.15, 0.2) is 6.17 Å². The van der Waals surface area contributed by atoms with Crippen molar-refractivity contribution in [2.75, 3.05) is 13.3 Å². The van der Waals surface area contributed by atoms with E-state index in [4.69, 9.17) is 14.5 Å². The van der Waals surface area contributed by atoms with Gasteiger partial charge in [0.05, 0.1) is 56.2 Å². The number of rotatable bonds is 11. The van der Waals surface area contributed by atoms with E-state index in [-0.39, 0.29) is 30.2 Å². The van der Waals surface area contributed by atoms with Gasteiger partial charge in [-0.2, -0.15) is 0 Å². The molecule has 4 N–H and O–H groups in total. The summed E-state index contributed by atoms with van der Waals surface area (Å²) in [6.45, 7) is 13.8. The van der Waals surface area contributed by atoms with Gasteiger partial charge < -0.3 is 39.9 Å². The van der Waals surface area contributed by atoms with Crippen molar-refractivity contribution >= 4 is 53.9 Å². The number of piperidine rings is 1. The second kappa shape index (κ2) is 16.5. The molecule has 2 aromatic heterocycles. The summed E-state index contributed by atoms with van der Waals surface area (Å²) < 4.78 is 41.1. The van der Waals surface area contributed by atoms with Gasteiger partial charge in [0, 0.05) is 17.5 Å². The highest BCUT2D eigenvalue weighted by molar-refractivity contribution is 6.78. The van der Waals surface area contributed by atoms with E-state index in [0.29, 0.717) is 17.7 Å². The molecule has 14 nitrogen and oxygen atoms in total. The van der Waals surface area contributed by atoms with Crippen LogP contribution in [0.25, 0.3) is 44.2 Å². The van der Waals surface area contributed by atoms with Crippen molar-refractivity contribution < 1.29 is 37.4 Å². The van der Waals surface area contributed by atoms with Crippen molar-refractivity contribution in [1.29, 1.82) is 0 Å². The lowest BCUT2D eigenvalue weighted by Crippen LogP contribution is -2.57. The fourth-order valence-electron chi connectivity index (χ4n) is 10.2. The Morgan fingerprint density at radius 3 is 2.18 bits per heavy atom. The fraction of sp³-hybridized carbons (Fsp3) is 0.500. The second-order valence-corrected chi connectivity index (χ2v) is 25.3. The SMILES string of the molecule is COC(=O)N[C@H](C(=O)N1C[Si](C)(C)C[C@H]1c1nc2c(ccc3cc(-c4ccc(-c5cnc([C@@H]6[C@H]7C[C@@H]([C@@H](F)[C@H]7F)N6C(=O)[C@@H](NC(=O)OC6(C)CC6)C(C)C)[nH]5)cc4)ccc32)[nH]1)C(C)C. The second-order valence-electron chi connectivity index (χ2n) is 20.2. The van der Waals surface area contributed by atoms with E-state index in [1.807, 2.05) is 56.0 Å². The number of amides is 4. The number of alkyl halides is 2. The molecule has 2 bridgehead atoms. The van der Waals surface area contributed by atoms with Crippen molar-refractivity contribution in [3.63, 3.8) is 0 Å². The number of nitrogens with one attached hydrogen (secondary N) is 4. The number of nitrogens with zero attached hydrogens (tertiary/aromatic N) is 4. The zero-order chi connectivity index (χ0) is 46.3. The first kappa shape index (κ1) is 44.4. The summed E-state index contributed by atoms with van der Waals surface area (Å²) in [5.41, 5.74) is 4.62. The lowest BCUT2D eigenvalue weighted by atomic mass is 9.93. The number of carbonyl (C=O) groups is 4. The molecular weight excluding hydrogens is 851 g/mol. The van der Waals surface area contributed by atoms with Gasteiger partial charge in [0.25, 0.3) is 0 Å². The lowest BCUT2D eigenvalue weighted by molar-refractivity contribution is -0.143. The molecule has 2 saturated carbocycles. The lowest BCUT2D eigenvalue weighted by Gasteiger charge is -2.40. The maximum absolute atomic E-state index is 15.4. The van der Waals surface area contributed by atoms with Gasteiger partial charge in [0.1, 0.15) is 35.5 Å². The normalized spacial score (nSPS) is 25.0. The average molecular weight is 909 g/mol. The number of carbonyl (C=O) groups excluding carboxylic acids is 4. The minimum absolute atomic E-state index is 0.139. The first-order valence-corrected chi connectivity index (χ1v) is 26.1. The van der Waals surface area contributed by atoms with Gasteiger partial charge in [-0.05, 0) is 78.3 Å². The van der Waals surface area contributed by atoms with Crippen LogP contribution in [0.4, 0.5) is 18.4 Å². The fourth-order valence-corrected chi connectivity index (χ4v) is 13.1. The van der Waals surface area contributed by atoms with E-state index in [1.54, 1.807) is 20.0 Å². The number of hydrogen-bond donors (Lipinski definition) is 4. The van der Waals surface area contributed by atoms with E-state index < -0.39 is 74.2 Å². The van der Waals surface area contributed by atoms with Crippen LogP contribution in [0, 0.1) is 17.8 Å². The number of methoxy groups -OCH3 is 1. The van der Waals surface area contributed by atoms with Crippen LogP contribution in [0.1, 0.15) is 77.6 Å². The zero-order valence-corrected chi connectivity index (χ0v) is 39.1. The van der Waals surface area contributed by atoms with Crippen LogP contribution in [-0.4, -0.2) is 111 Å². The minimum atomic E-state index is -1.83. The van der Waals surface area contributed by atoms with Crippen LogP contribution < -0.4 is 10.6 Å². The number of fused-ring (bicyclic) bond motifs is 5. The molecule has 344 valence electrons. The van der Waals surface area contributed by atoms with E-state index in [9.17, 15) is 19.2 Å². The van der Waals surface area contributed by atoms with Gasteiger partial charge in [-0.25, -0.2) is 28.3 Å². The van der Waals surface area contributed by atoms with Gasteiger partial charge in [0.2, 0.25) is 11.8 Å². The predicted molar refractivity (Wildman–Crippen MR) is 245 cm³/mol. The third kappa shape index (κ3) is 8.24. The zero-order valence-electron chi connectivity index (χ0n) is 38.1. The van der Waals surface area contributed by atoms with Crippen LogP contribution >= 0.6 is 0 Å². The summed E-state index contributed by atoms with van der Waals surface area (Å²) in [5, 5.41) is 7.44. The molecule has 2 aliphatic carbocycles. The maximum Gasteiger partial charge on any atom is 0.408 e. The molecule has 4 amide bonds. The number of ether oxygens (including phenoxy) is 2. The molecule has 4 aliphatic rings. The van der Waals surface area contributed by atoms with Crippen molar-refractivity contribution in [3.05, 3.63) is 72.4 Å². The van der Waals surface area contributed by atoms with Crippen molar-refractivity contribution in [1.82, 2.24) is 40.4 Å². The molecule has 65 heavy (non-hydrogen) atoms. The monoisotopic (exact) mass is 908 g/mol. The molecule has 0 unspecified atom stereocenters. The Kier molecular flexibility index (Phi) is 11.3. The Morgan fingerprint density at radius 1 is 0.846 bits per heavy atom. The Hall–Kier alpha value is -5.84. The van der Waals surface area contributed by atoms with Crippen LogP contribution in [-0.2, 0) is 19.1 Å². The largest absolute Gasteiger partial charge is 0.453 e. The third-order valence-electron chi connectivity index (χ3n) is 14.0. The highest BCUT2D eigenvalue weighted by atomic mass is 28.3. The molecule has 2 aliphatic heterocycles. The number of H-pyrrole nitrogens is 2. The molecule has 5 aromatic rings. The van der Waals surface area contributed by atoms with Crippen molar-refractivity contribution in [2.45, 2.75) is 121 Å². The summed E-state index contributed by atoms with van der Waals surface area (Å²) in [6, 6.07) is 15.3. The first-order chi connectivity index (χ1) is 30.8. The standard InChI is InChI=1S/C48H58F2N8O6Si/c1-24(2)38(55-46(61)63-6)44(59)57-23-65(7,8)22-35(57)42-52-32-16-14-29-19-28(13-15-30(29)40(32)54-42)26-9-11-27(12-10-26)33-21-51-43(53-33)41-31-20-34(37(50)36(31)49)58(41)45(60)39(25(3)4)56-47(62)64-48(5)17-18-48/h9-16,19,21,24-25,31,34-39,41H,17-18,20,22-23H2,1-8H3,(H,51,53)(H,52,54)(H,55,61)(H,56,62)/t31-,34-,35-,36-,37+,38-,39-,41-/m0/s1. The Morgan fingerprint density at radius 2 is 1.51 bits per heavy atom. The van der Waals surface area contributed by atoms with E-state index in [1.165, 1.54) is 12.0 Å². The molecule has 0 spiro atoms. The minimum Gasteiger partial charge on any atom is -0.453 e. The number of aromatic nitrogens is 4. The van der Waals surface area contributed by atoms with E-state index in [2.05, 4.69) is 62.9 Å². The van der Waals surface area contributed by atoms with Gasteiger partial charge in [-0.1, -0.05) is 83.3 Å². The highest BCUT2D eigenvalue weighted by Gasteiger charge is 2.62. The number of alkyl carbamates (subject to hydrolysis) is 2. The molecule has 4 heterocycles. The number of imidazole rings is 2. The number of benzene rings is 3. The molecule has 17 heteroatoms. The van der Waals surface area contributed by atoms with Crippen LogP contribution in [0.2, 0.25) is 19.1 Å². The summed E-state index contributed by atoms with van der Waals surface area (Å²) >= 11 is 0. The van der Waals surface area contributed by atoms with Crippen molar-refractivity contribution in [2.24, 2.45) is 17.8 Å². The Labute approximate surface area is 377 Å². The topological polar surface area (TPSA) is 175 Å². The van der Waals surface area contributed by atoms with Gasteiger partial charge in [-0.3, -0.25) is 9.59 Å². The van der Waals surface area contributed by atoms with Crippen LogP contribution in [0.5, 0.6) is 0 Å². The molecule has 9 rings (SSSR count). The van der Waals surface area contributed by atoms with Crippen molar-refractivity contribution in [3.8, 4) is 22.4 Å². The molecule has 8 atom stereocenters. The smallest absolute Gasteiger partial charge is 0.408 e. The predicted octanol–water partition coefficient (Wildman–Crippen LogP) is 8.54. The van der Waals surface area contributed by atoms with E-state index >= 15 is 8.78 Å². The maximum atomic E-state index is 15.4. The summed E-state index contributed by atoms with van der Waals surface area (Å²) in [4.78, 5) is 73.1. The highest BCUT2D eigenvalue weighted by Crippen LogP contribution is 2.53. The quantitative estimate of drug-likeness (QED) is 0.0955. The molecule has 3 aromatic carbocycles. The summed E-state index contributed by atoms with van der Waals surface area (Å²) in [5.74, 6) is -0.792. The van der Waals surface area contributed by atoms with Crippen LogP contribution in [0.3, 0.4) is 0 Å².